The zero-order valence-electron chi connectivity index (χ0n) is 18.6. The number of hydrogen-bond donors (Lipinski definition) is 2. The number of nitrogens with one attached hydrogen (secondary N) is 2. The van der Waals surface area contributed by atoms with E-state index in [2.05, 4.69) is 59.2 Å². The average Bonchev–Trinajstić information content (AvgIpc) is 2.85. The third-order valence-electron chi connectivity index (χ3n) is 5.71. The van der Waals surface area contributed by atoms with E-state index < -0.39 is 6.04 Å². The molecular formula is C29H26Cl2N2O. The number of halogens is 2. The second-order valence-corrected chi connectivity index (χ2v) is 8.98. The maximum absolute atomic E-state index is 13.3. The first-order valence-electron chi connectivity index (χ1n) is 11.3. The van der Waals surface area contributed by atoms with Gasteiger partial charge in [-0.05, 0) is 47.9 Å². The van der Waals surface area contributed by atoms with Crippen LogP contribution in [0.3, 0.4) is 0 Å². The maximum atomic E-state index is 13.3. The molecule has 1 unspecified atom stereocenters. The van der Waals surface area contributed by atoms with Gasteiger partial charge in [0.2, 0.25) is 5.91 Å². The van der Waals surface area contributed by atoms with Gasteiger partial charge in [0.15, 0.2) is 0 Å². The molecule has 0 spiro atoms. The van der Waals surface area contributed by atoms with E-state index in [1.165, 1.54) is 11.1 Å². The molecule has 5 heteroatoms. The summed E-state index contributed by atoms with van der Waals surface area (Å²) < 4.78 is 0. The minimum absolute atomic E-state index is 0.166. The Morgan fingerprint density at radius 1 is 0.676 bits per heavy atom. The lowest BCUT2D eigenvalue weighted by Crippen LogP contribution is -2.34. The summed E-state index contributed by atoms with van der Waals surface area (Å²) in [6.07, 6.45) is 0.841. The van der Waals surface area contributed by atoms with Crippen LogP contribution in [0.15, 0.2) is 109 Å². The highest BCUT2D eigenvalue weighted by atomic mass is 35.5. The van der Waals surface area contributed by atoms with Gasteiger partial charge in [0.1, 0.15) is 6.04 Å². The van der Waals surface area contributed by atoms with Gasteiger partial charge in [-0.2, -0.15) is 0 Å². The Hall–Kier alpha value is -3.11. The lowest BCUT2D eigenvalue weighted by Gasteiger charge is -2.22. The quantitative estimate of drug-likeness (QED) is 0.256. The summed E-state index contributed by atoms with van der Waals surface area (Å²) in [7, 11) is 0. The lowest BCUT2D eigenvalue weighted by molar-refractivity contribution is -0.118. The molecule has 0 saturated heterocycles. The molecule has 0 heterocycles. The van der Waals surface area contributed by atoms with Crippen LogP contribution in [0.1, 0.15) is 35.1 Å². The van der Waals surface area contributed by atoms with Crippen LogP contribution in [0.5, 0.6) is 0 Å². The van der Waals surface area contributed by atoms with Crippen LogP contribution in [0.2, 0.25) is 10.0 Å². The molecule has 0 aliphatic heterocycles. The molecule has 3 nitrogen and oxygen atoms in total. The molecule has 4 rings (SSSR count). The van der Waals surface area contributed by atoms with E-state index in [-0.39, 0.29) is 11.8 Å². The summed E-state index contributed by atoms with van der Waals surface area (Å²) in [5.74, 6) is 0.0571. The van der Waals surface area contributed by atoms with Crippen molar-refractivity contribution in [2.75, 3.05) is 11.9 Å². The van der Waals surface area contributed by atoms with Crippen LogP contribution in [0, 0.1) is 0 Å². The van der Waals surface area contributed by atoms with Gasteiger partial charge in [-0.15, -0.1) is 0 Å². The first-order chi connectivity index (χ1) is 16.6. The van der Waals surface area contributed by atoms with E-state index in [1.807, 2.05) is 42.5 Å². The molecule has 172 valence electrons. The van der Waals surface area contributed by atoms with Gasteiger partial charge in [-0.3, -0.25) is 4.79 Å². The van der Waals surface area contributed by atoms with E-state index in [4.69, 9.17) is 23.2 Å². The summed E-state index contributed by atoms with van der Waals surface area (Å²) in [4.78, 5) is 13.3. The van der Waals surface area contributed by atoms with Crippen molar-refractivity contribution in [1.29, 1.82) is 0 Å². The molecule has 1 atom stereocenters. The fourth-order valence-electron chi connectivity index (χ4n) is 4.12. The molecule has 1 amide bonds. The predicted molar refractivity (Wildman–Crippen MR) is 142 cm³/mol. The Balaban J connectivity index is 1.51. The molecule has 0 aliphatic carbocycles. The molecule has 0 bridgehead atoms. The first-order valence-corrected chi connectivity index (χ1v) is 12.0. The zero-order chi connectivity index (χ0) is 23.8. The SMILES string of the molecule is O=C(Nc1cc(Cl)cc(Cl)c1)C(NCCC(c1ccccc1)c1ccccc1)c1ccccc1. The van der Waals surface area contributed by atoms with E-state index in [9.17, 15) is 4.79 Å². The van der Waals surface area contributed by atoms with Gasteiger partial charge in [0, 0.05) is 21.7 Å². The largest absolute Gasteiger partial charge is 0.324 e. The summed E-state index contributed by atoms with van der Waals surface area (Å²) in [6.45, 7) is 0.651. The highest BCUT2D eigenvalue weighted by molar-refractivity contribution is 6.35. The van der Waals surface area contributed by atoms with Crippen LogP contribution in [-0.4, -0.2) is 12.5 Å². The summed E-state index contributed by atoms with van der Waals surface area (Å²) in [5.41, 5.74) is 3.97. The average molecular weight is 489 g/mol. The zero-order valence-corrected chi connectivity index (χ0v) is 20.1. The second kappa shape index (κ2) is 11.8. The van der Waals surface area contributed by atoms with Crippen molar-refractivity contribution < 1.29 is 4.79 Å². The van der Waals surface area contributed by atoms with Crippen LogP contribution >= 0.6 is 23.2 Å². The van der Waals surface area contributed by atoms with Gasteiger partial charge in [0.05, 0.1) is 0 Å². The smallest absolute Gasteiger partial charge is 0.246 e. The topological polar surface area (TPSA) is 41.1 Å². The number of carbonyl (C=O) groups is 1. The Morgan fingerprint density at radius 2 is 1.15 bits per heavy atom. The van der Waals surface area contributed by atoms with E-state index in [0.29, 0.717) is 22.3 Å². The Morgan fingerprint density at radius 3 is 1.65 bits per heavy atom. The second-order valence-electron chi connectivity index (χ2n) is 8.11. The van der Waals surface area contributed by atoms with Crippen LogP contribution in [0.25, 0.3) is 0 Å². The predicted octanol–water partition coefficient (Wildman–Crippen LogP) is 7.49. The standard InChI is InChI=1S/C29H26Cl2N2O/c30-24-18-25(31)20-26(19-24)33-29(34)28(23-14-8-3-9-15-23)32-17-16-27(21-10-4-1-5-11-21)22-12-6-2-7-13-22/h1-15,18-20,27-28,32H,16-17H2,(H,33,34). The number of rotatable bonds is 9. The highest BCUT2D eigenvalue weighted by Gasteiger charge is 2.22. The molecule has 34 heavy (non-hydrogen) atoms. The van der Waals surface area contributed by atoms with Crippen molar-refractivity contribution >= 4 is 34.8 Å². The molecule has 0 aliphatic rings. The number of amides is 1. The van der Waals surface area contributed by atoms with Crippen molar-refractivity contribution in [1.82, 2.24) is 5.32 Å². The van der Waals surface area contributed by atoms with Crippen LogP contribution < -0.4 is 10.6 Å². The third-order valence-corrected chi connectivity index (χ3v) is 6.15. The van der Waals surface area contributed by atoms with Gasteiger partial charge in [-0.1, -0.05) is 114 Å². The summed E-state index contributed by atoms with van der Waals surface area (Å²) in [6, 6.07) is 35.1. The molecule has 2 N–H and O–H groups in total. The minimum Gasteiger partial charge on any atom is -0.324 e. The lowest BCUT2D eigenvalue weighted by atomic mass is 9.88. The van der Waals surface area contributed by atoms with Gasteiger partial charge >= 0.3 is 0 Å². The Bertz CT molecular complexity index is 1140. The van der Waals surface area contributed by atoms with E-state index in [0.717, 1.165) is 12.0 Å². The molecule has 4 aromatic carbocycles. The monoisotopic (exact) mass is 488 g/mol. The van der Waals surface area contributed by atoms with Crippen molar-refractivity contribution in [3.05, 3.63) is 136 Å². The van der Waals surface area contributed by atoms with Crippen LogP contribution in [0.4, 0.5) is 5.69 Å². The minimum atomic E-state index is -0.522. The summed E-state index contributed by atoms with van der Waals surface area (Å²) in [5, 5.41) is 7.38. The number of benzene rings is 4. The van der Waals surface area contributed by atoms with Crippen molar-refractivity contribution in [3.8, 4) is 0 Å². The van der Waals surface area contributed by atoms with Gasteiger partial charge in [-0.25, -0.2) is 0 Å². The highest BCUT2D eigenvalue weighted by Crippen LogP contribution is 2.28. The fourth-order valence-corrected chi connectivity index (χ4v) is 4.64. The van der Waals surface area contributed by atoms with Crippen molar-refractivity contribution in [2.24, 2.45) is 0 Å². The Labute approximate surface area is 210 Å². The van der Waals surface area contributed by atoms with Crippen LogP contribution in [-0.2, 0) is 4.79 Å². The molecule has 0 radical (unpaired) electrons. The fraction of sp³-hybridized carbons (Fsp3) is 0.138. The molecule has 0 aromatic heterocycles. The molecule has 4 aromatic rings. The molecule has 0 saturated carbocycles. The van der Waals surface area contributed by atoms with E-state index in [1.54, 1.807) is 18.2 Å². The summed E-state index contributed by atoms with van der Waals surface area (Å²) >= 11 is 12.2. The number of carbonyl (C=O) groups excluding carboxylic acids is 1. The van der Waals surface area contributed by atoms with E-state index >= 15 is 0 Å². The number of anilines is 1. The Kier molecular flexibility index (Phi) is 8.37. The van der Waals surface area contributed by atoms with Crippen molar-refractivity contribution in [3.63, 3.8) is 0 Å². The van der Waals surface area contributed by atoms with Crippen molar-refractivity contribution in [2.45, 2.75) is 18.4 Å². The van der Waals surface area contributed by atoms with Gasteiger partial charge < -0.3 is 10.6 Å². The molecule has 0 fully saturated rings. The first kappa shape index (κ1) is 24.0. The van der Waals surface area contributed by atoms with Gasteiger partial charge in [0.25, 0.3) is 0 Å². The third kappa shape index (κ3) is 6.48. The normalized spacial score (nSPS) is 11.9. The maximum Gasteiger partial charge on any atom is 0.246 e. The number of hydrogen-bond acceptors (Lipinski definition) is 2. The molecular weight excluding hydrogens is 463 g/mol.